The summed E-state index contributed by atoms with van der Waals surface area (Å²) in [6.45, 7) is 5.20. The van der Waals surface area contributed by atoms with E-state index in [2.05, 4.69) is 30.2 Å². The lowest BCUT2D eigenvalue weighted by Gasteiger charge is -2.36. The number of hydrogen-bond acceptors (Lipinski definition) is 3. The molecule has 1 saturated heterocycles. The van der Waals surface area contributed by atoms with Crippen molar-refractivity contribution in [3.63, 3.8) is 0 Å². The Kier molecular flexibility index (Phi) is 7.34. The highest BCUT2D eigenvalue weighted by Crippen LogP contribution is 2.56. The van der Waals surface area contributed by atoms with Gasteiger partial charge in [0.05, 0.1) is 19.8 Å². The van der Waals surface area contributed by atoms with Gasteiger partial charge in [0.25, 0.3) is 0 Å². The first-order chi connectivity index (χ1) is 14.0. The fraction of sp³-hybridized carbons (Fsp3) is 0.333. The van der Waals surface area contributed by atoms with Crippen molar-refractivity contribution >= 4 is 7.75 Å². The second kappa shape index (κ2) is 9.94. The molecule has 0 spiro atoms. The van der Waals surface area contributed by atoms with Crippen LogP contribution in [0.4, 0.5) is 0 Å². The van der Waals surface area contributed by atoms with E-state index in [1.807, 2.05) is 68.5 Å². The van der Waals surface area contributed by atoms with E-state index in [1.165, 1.54) is 10.2 Å². The Morgan fingerprint density at radius 3 is 2.28 bits per heavy atom. The Balaban J connectivity index is 1.67. The highest BCUT2D eigenvalue weighted by molar-refractivity contribution is 7.51. The molecule has 1 aliphatic heterocycles. The summed E-state index contributed by atoms with van der Waals surface area (Å²) in [4.78, 5) is 0. The average molecular weight is 409 g/mol. The Morgan fingerprint density at radius 2 is 1.62 bits per heavy atom. The number of aryl methyl sites for hydroxylation is 1. The summed E-state index contributed by atoms with van der Waals surface area (Å²) in [6.07, 6.45) is 5.94. The molecule has 4 nitrogen and oxygen atoms in total. The van der Waals surface area contributed by atoms with Gasteiger partial charge in [-0.05, 0) is 36.5 Å². The highest BCUT2D eigenvalue weighted by Gasteiger charge is 2.40. The molecule has 0 amide bonds. The van der Waals surface area contributed by atoms with Crippen molar-refractivity contribution in [1.82, 2.24) is 4.67 Å². The van der Waals surface area contributed by atoms with Crippen LogP contribution in [0, 0.1) is 17.4 Å². The van der Waals surface area contributed by atoms with Crippen LogP contribution in [-0.2, 0) is 20.0 Å². The van der Waals surface area contributed by atoms with Gasteiger partial charge >= 0.3 is 7.75 Å². The molecule has 1 aliphatic rings. The zero-order valence-corrected chi connectivity index (χ0v) is 18.0. The first-order valence-corrected chi connectivity index (χ1v) is 11.4. The fourth-order valence-electron chi connectivity index (χ4n) is 2.78. The minimum atomic E-state index is -3.44. The van der Waals surface area contributed by atoms with Gasteiger partial charge in [-0.3, -0.25) is 9.05 Å². The lowest BCUT2D eigenvalue weighted by atomic mass is 9.97. The predicted molar refractivity (Wildman–Crippen MR) is 117 cm³/mol. The summed E-state index contributed by atoms with van der Waals surface area (Å²) in [5.41, 5.74) is 2.00. The zero-order valence-electron chi connectivity index (χ0n) is 17.1. The van der Waals surface area contributed by atoms with Crippen LogP contribution in [0.3, 0.4) is 0 Å². The van der Waals surface area contributed by atoms with Gasteiger partial charge in [-0.2, -0.15) is 0 Å². The molecule has 0 N–H and O–H groups in total. The molecule has 0 radical (unpaired) electrons. The van der Waals surface area contributed by atoms with Crippen LogP contribution in [0.5, 0.6) is 0 Å². The van der Waals surface area contributed by atoms with Crippen molar-refractivity contribution in [3.05, 3.63) is 83.9 Å². The number of allylic oxidation sites excluding steroid dienone is 1. The summed E-state index contributed by atoms with van der Waals surface area (Å²) in [5.74, 6) is 3.06. The van der Waals surface area contributed by atoms with Gasteiger partial charge in [0.15, 0.2) is 0 Å². The van der Waals surface area contributed by atoms with Crippen LogP contribution in [-0.4, -0.2) is 24.4 Å². The van der Waals surface area contributed by atoms with E-state index in [9.17, 15) is 4.57 Å². The van der Waals surface area contributed by atoms with Crippen molar-refractivity contribution in [2.75, 3.05) is 19.8 Å². The summed E-state index contributed by atoms with van der Waals surface area (Å²) < 4.78 is 26.1. The molecule has 2 aromatic carbocycles. The lowest BCUT2D eigenvalue weighted by molar-refractivity contribution is 0.0278. The molecular formula is C24H28NO3P. The quantitative estimate of drug-likeness (QED) is 0.267. The minimum absolute atomic E-state index is 0.155. The SMILES string of the molecule is CC1(C)COP(=O)(N(C#Cc2ccccc2)C/C=C/CCc2ccccc2)OC1. The third-order valence-corrected chi connectivity index (χ3v) is 6.29. The Morgan fingerprint density at radius 1 is 1.00 bits per heavy atom. The number of rotatable bonds is 6. The number of nitrogens with zero attached hydrogens (tertiary/aromatic N) is 1. The molecule has 0 aromatic heterocycles. The van der Waals surface area contributed by atoms with Gasteiger partial charge in [-0.25, -0.2) is 9.24 Å². The summed E-state index contributed by atoms with van der Waals surface area (Å²) in [7, 11) is -3.44. The number of benzene rings is 2. The van der Waals surface area contributed by atoms with Crippen LogP contribution in [0.1, 0.15) is 31.4 Å². The van der Waals surface area contributed by atoms with Crippen molar-refractivity contribution in [1.29, 1.82) is 0 Å². The Bertz CT molecular complexity index is 899. The lowest BCUT2D eigenvalue weighted by Crippen LogP contribution is -2.33. The largest absolute Gasteiger partial charge is 0.442 e. The molecular weight excluding hydrogens is 381 g/mol. The molecule has 5 heteroatoms. The van der Waals surface area contributed by atoms with E-state index in [-0.39, 0.29) is 5.41 Å². The van der Waals surface area contributed by atoms with E-state index in [4.69, 9.17) is 9.05 Å². The smallest absolute Gasteiger partial charge is 0.291 e. The van der Waals surface area contributed by atoms with Crippen LogP contribution >= 0.6 is 7.75 Å². The summed E-state index contributed by atoms with van der Waals surface area (Å²) in [6, 6.07) is 23.0. The standard InChI is InChI=1S/C24H28NO3P/c1-24(2)20-27-29(26,28-21-24)25(19-17-23-15-8-4-9-16-23)18-11-5-10-14-22-12-6-3-7-13-22/h3-9,11-13,15-16H,10,14,18,20-21H2,1-2H3/b11-5+. The molecule has 3 rings (SSSR count). The second-order valence-electron chi connectivity index (χ2n) is 7.86. The van der Waals surface area contributed by atoms with Crippen LogP contribution < -0.4 is 0 Å². The van der Waals surface area contributed by atoms with Crippen molar-refractivity contribution in [2.24, 2.45) is 5.41 Å². The third kappa shape index (κ3) is 6.61. The topological polar surface area (TPSA) is 38.8 Å². The summed E-state index contributed by atoms with van der Waals surface area (Å²) in [5, 5.41) is 0. The van der Waals surface area contributed by atoms with Gasteiger partial charge in [-0.15, -0.1) is 0 Å². The normalized spacial score (nSPS) is 17.4. The van der Waals surface area contributed by atoms with E-state index < -0.39 is 7.75 Å². The maximum atomic E-state index is 13.3. The van der Waals surface area contributed by atoms with Gasteiger partial charge in [0.1, 0.15) is 0 Å². The van der Waals surface area contributed by atoms with E-state index in [1.54, 1.807) is 0 Å². The molecule has 1 heterocycles. The van der Waals surface area contributed by atoms with Crippen LogP contribution in [0.15, 0.2) is 72.8 Å². The van der Waals surface area contributed by atoms with E-state index >= 15 is 0 Å². The molecule has 29 heavy (non-hydrogen) atoms. The molecule has 0 aliphatic carbocycles. The molecule has 1 fully saturated rings. The van der Waals surface area contributed by atoms with Gasteiger partial charge in [0.2, 0.25) is 0 Å². The first-order valence-electron chi connectivity index (χ1n) is 9.90. The maximum absolute atomic E-state index is 13.3. The second-order valence-corrected chi connectivity index (χ2v) is 9.80. The number of hydrogen-bond donors (Lipinski definition) is 0. The highest BCUT2D eigenvalue weighted by atomic mass is 31.2. The average Bonchev–Trinajstić information content (AvgIpc) is 2.74. The van der Waals surface area contributed by atoms with Gasteiger partial charge in [0, 0.05) is 17.0 Å². The Hall–Kier alpha value is -2.31. The first kappa shape index (κ1) is 21.4. The Labute approximate surface area is 174 Å². The van der Waals surface area contributed by atoms with Gasteiger partial charge < -0.3 is 0 Å². The van der Waals surface area contributed by atoms with Crippen molar-refractivity contribution in [2.45, 2.75) is 26.7 Å². The molecule has 0 saturated carbocycles. The van der Waals surface area contributed by atoms with Crippen LogP contribution in [0.25, 0.3) is 0 Å². The van der Waals surface area contributed by atoms with Gasteiger partial charge in [-0.1, -0.05) is 74.5 Å². The molecule has 152 valence electrons. The predicted octanol–water partition coefficient (Wildman–Crippen LogP) is 5.67. The summed E-state index contributed by atoms with van der Waals surface area (Å²) >= 11 is 0. The van der Waals surface area contributed by atoms with Crippen LogP contribution in [0.2, 0.25) is 0 Å². The fourth-order valence-corrected chi connectivity index (χ4v) is 4.62. The van der Waals surface area contributed by atoms with E-state index in [0.29, 0.717) is 19.8 Å². The maximum Gasteiger partial charge on any atom is 0.442 e. The molecule has 0 bridgehead atoms. The van der Waals surface area contributed by atoms with E-state index in [0.717, 1.165) is 18.4 Å². The molecule has 0 atom stereocenters. The molecule has 0 unspecified atom stereocenters. The monoisotopic (exact) mass is 409 g/mol. The van der Waals surface area contributed by atoms with Crippen molar-refractivity contribution in [3.8, 4) is 12.0 Å². The minimum Gasteiger partial charge on any atom is -0.291 e. The van der Waals surface area contributed by atoms with Crippen molar-refractivity contribution < 1.29 is 13.6 Å². The zero-order chi connectivity index (χ0) is 20.6. The third-order valence-electron chi connectivity index (χ3n) is 4.52. The molecule has 2 aromatic rings.